The lowest BCUT2D eigenvalue weighted by atomic mass is 9.87. The molecule has 3 aliphatic rings. The Bertz CT molecular complexity index is 2820. The zero-order valence-electron chi connectivity index (χ0n) is 49.7. The number of thioether (sulfide) groups is 1. The summed E-state index contributed by atoms with van der Waals surface area (Å²) in [4.78, 5) is 143. The molecule has 0 bridgehead atoms. The van der Waals surface area contributed by atoms with E-state index in [1.165, 1.54) is 32.9 Å². The van der Waals surface area contributed by atoms with E-state index >= 15 is 0 Å². The Balaban J connectivity index is 1.02. The van der Waals surface area contributed by atoms with E-state index in [1.54, 1.807) is 36.0 Å². The molecule has 30 nitrogen and oxygen atoms in total. The fourth-order valence-electron chi connectivity index (χ4n) is 11.0. The average molecular weight is 1300 g/mol. The fraction of sp³-hybridized carbons (Fsp3) is 0.586. The molecular weight excluding hydrogens is 1220 g/mol. The first kappa shape index (κ1) is 73.1. The highest BCUT2D eigenvalue weighted by Crippen LogP contribution is 2.33. The molecule has 5 rings (SSSR count). The lowest BCUT2D eigenvalue weighted by Crippen LogP contribution is -2.59. The maximum Gasteiger partial charge on any atom is 0.317 e. The summed E-state index contributed by atoms with van der Waals surface area (Å²) in [6, 6.07) is 6.91. The third-order valence-corrected chi connectivity index (χ3v) is 16.6. The number of carboxylic acid groups (broad SMARTS) is 6. The van der Waals surface area contributed by atoms with Crippen molar-refractivity contribution in [1.29, 1.82) is 0 Å². The monoisotopic (exact) mass is 1300 g/mol. The fourth-order valence-corrected chi connectivity index (χ4v) is 12.6. The molecule has 494 valence electrons. The zero-order valence-corrected chi connectivity index (χ0v) is 51.3. The second kappa shape index (κ2) is 38.8. The van der Waals surface area contributed by atoms with Crippen LogP contribution in [-0.4, -0.2) is 255 Å². The van der Waals surface area contributed by atoms with Crippen LogP contribution < -0.4 is 31.9 Å². The van der Waals surface area contributed by atoms with Crippen molar-refractivity contribution in [3.63, 3.8) is 0 Å². The van der Waals surface area contributed by atoms with Crippen LogP contribution >= 0.6 is 24.0 Å². The van der Waals surface area contributed by atoms with Crippen LogP contribution in [0.5, 0.6) is 0 Å². The summed E-state index contributed by atoms with van der Waals surface area (Å²) in [5.74, 6) is -9.12. The van der Waals surface area contributed by atoms with Crippen molar-refractivity contribution >= 4 is 106 Å². The quantitative estimate of drug-likeness (QED) is 0.0194. The van der Waals surface area contributed by atoms with E-state index in [0.29, 0.717) is 56.2 Å². The molecule has 1 aliphatic carbocycles. The minimum atomic E-state index is -1.35. The van der Waals surface area contributed by atoms with Gasteiger partial charge in [-0.15, -0.1) is 0 Å². The molecule has 7 unspecified atom stereocenters. The van der Waals surface area contributed by atoms with Gasteiger partial charge in [-0.2, -0.15) is 16.8 Å². The van der Waals surface area contributed by atoms with Gasteiger partial charge in [-0.05, 0) is 93.1 Å². The van der Waals surface area contributed by atoms with E-state index in [9.17, 15) is 83.4 Å². The van der Waals surface area contributed by atoms with Crippen LogP contribution in [-0.2, 0) is 59.0 Å². The predicted molar refractivity (Wildman–Crippen MR) is 327 cm³/mol. The summed E-state index contributed by atoms with van der Waals surface area (Å²) < 4.78 is 16.7. The number of thiocarbonyl (C=S) groups is 1. The molecule has 2 aromatic rings. The van der Waals surface area contributed by atoms with Gasteiger partial charge in [0.15, 0.2) is 0 Å². The van der Waals surface area contributed by atoms with E-state index in [0.717, 1.165) is 18.6 Å². The molecule has 32 heteroatoms. The summed E-state index contributed by atoms with van der Waals surface area (Å²) in [5.41, 5.74) is 1.13. The molecule has 90 heavy (non-hydrogen) atoms. The van der Waals surface area contributed by atoms with Crippen molar-refractivity contribution in [1.82, 2.24) is 41.3 Å². The Morgan fingerprint density at radius 3 is 1.80 bits per heavy atom. The Hall–Kier alpha value is -7.68. The molecule has 12 N–H and O–H groups in total. The number of ether oxygens (including phenoxy) is 3. The number of nitrogens with zero attached hydrogens (tertiary/aromatic N) is 4. The molecular formula is C58H80N10O20S2. The number of aliphatic imine (C=N–C) groups is 1. The number of nitrogens with one attached hydrogen (secondary N) is 6. The Labute approximate surface area is 528 Å². The minimum absolute atomic E-state index is 0.0146. The molecule has 0 aromatic heterocycles. The van der Waals surface area contributed by atoms with Gasteiger partial charge in [-0.25, -0.2) is 4.79 Å². The minimum Gasteiger partial charge on any atom is -0.481 e. The smallest absolute Gasteiger partial charge is 0.317 e. The number of rotatable bonds is 44. The van der Waals surface area contributed by atoms with Crippen LogP contribution in [0.4, 0.5) is 16.2 Å². The van der Waals surface area contributed by atoms with Crippen LogP contribution in [0.3, 0.4) is 0 Å². The number of carbonyl (C=O) groups is 11. The second-order valence-electron chi connectivity index (χ2n) is 21.8. The van der Waals surface area contributed by atoms with Crippen molar-refractivity contribution in [3.8, 4) is 0 Å². The summed E-state index contributed by atoms with van der Waals surface area (Å²) in [5, 5.41) is 77.4. The summed E-state index contributed by atoms with van der Waals surface area (Å²) >= 11 is 6.56. The van der Waals surface area contributed by atoms with Crippen molar-refractivity contribution in [2.75, 3.05) is 103 Å². The number of unbranched alkanes of at least 4 members (excludes halogenated alkanes) is 1. The standard InChI is InChI=1S/C58H80N10O20S2/c69-47(10-4-3-9-46-54-43(34-90-46)64-58(85)65-54)63-42(27-48(70)71)57(84)60-16-6-18-87-20-22-88-21-19-86-17-5-15-59-55(82)37-24-38(26-40(25-37)61-35-89)56(83)62-39-13-11-36(12-14-39)23-41(66(29-49(72)73)30-50(74)75)28-67(31-51(76)77)44-7-1-2-8-45(44)68(32-52(78)79)33-53(80)81/h11-14,24-26,41-46,54H,1-10,15-23,27-34H2,(H,59,82)(H,60,84)(H,62,83)(H,63,69)(H,70,71)(H,72,73)(H,74,75)(H,76,77)(H,78,79)(H,80,81)(H2,64,65,85). The Morgan fingerprint density at radius 1 is 0.667 bits per heavy atom. The summed E-state index contributed by atoms with van der Waals surface area (Å²) in [6.45, 7) is -1.52. The summed E-state index contributed by atoms with van der Waals surface area (Å²) in [6.07, 6.45) is 4.43. The van der Waals surface area contributed by atoms with E-state index in [-0.39, 0.29) is 112 Å². The average Bonchev–Trinajstić information content (AvgIpc) is 1.94. The third-order valence-electron chi connectivity index (χ3n) is 15.0. The van der Waals surface area contributed by atoms with Gasteiger partial charge in [0.1, 0.15) is 6.04 Å². The van der Waals surface area contributed by atoms with Crippen LogP contribution in [0.2, 0.25) is 0 Å². The van der Waals surface area contributed by atoms with E-state index < -0.39 is 123 Å². The maximum absolute atomic E-state index is 13.7. The largest absolute Gasteiger partial charge is 0.481 e. The van der Waals surface area contributed by atoms with Crippen molar-refractivity contribution in [2.45, 2.75) is 119 Å². The van der Waals surface area contributed by atoms with Crippen LogP contribution in [0.1, 0.15) is 96.9 Å². The molecule has 2 aliphatic heterocycles. The molecule has 3 fully saturated rings. The molecule has 7 atom stereocenters. The highest BCUT2D eigenvalue weighted by Gasteiger charge is 2.43. The molecule has 2 heterocycles. The lowest BCUT2D eigenvalue weighted by molar-refractivity contribution is -0.146. The number of amides is 6. The predicted octanol–water partition coefficient (Wildman–Crippen LogP) is 1.59. The van der Waals surface area contributed by atoms with Gasteiger partial charge < -0.3 is 76.8 Å². The van der Waals surface area contributed by atoms with Gasteiger partial charge in [0, 0.05) is 85.2 Å². The van der Waals surface area contributed by atoms with Crippen molar-refractivity contribution in [3.05, 3.63) is 59.2 Å². The SMILES string of the molecule is O=C(O)CC(NC(=O)CCCCC1SCC2NC(=O)NC21)C(=O)NCCCOCCOCCOCCCNC(=O)c1cc(N=C=S)cc(C(=O)Nc2ccc(CC(CN(CC(=O)O)C3CCCCC3N(CC(=O)O)CC(=O)O)N(CC(=O)O)CC(=O)O)cc2)c1. The van der Waals surface area contributed by atoms with Gasteiger partial charge in [0.05, 0.1) is 88.5 Å². The number of isothiocyanates is 1. The number of carboxylic acids is 6. The van der Waals surface area contributed by atoms with Crippen molar-refractivity contribution in [2.24, 2.45) is 4.99 Å². The summed E-state index contributed by atoms with van der Waals surface area (Å²) in [7, 11) is 0. The van der Waals surface area contributed by atoms with Gasteiger partial charge in [0.2, 0.25) is 11.8 Å². The first-order valence-corrected chi connectivity index (χ1v) is 31.0. The maximum atomic E-state index is 13.7. The molecule has 6 amide bonds. The Morgan fingerprint density at radius 2 is 1.22 bits per heavy atom. The highest BCUT2D eigenvalue weighted by atomic mass is 32.2. The molecule has 2 aromatic carbocycles. The van der Waals surface area contributed by atoms with Crippen LogP contribution in [0.15, 0.2) is 47.5 Å². The molecule has 2 saturated heterocycles. The van der Waals surface area contributed by atoms with Crippen LogP contribution in [0.25, 0.3) is 0 Å². The lowest BCUT2D eigenvalue weighted by Gasteiger charge is -2.45. The first-order valence-electron chi connectivity index (χ1n) is 29.5. The van der Waals surface area contributed by atoms with Crippen LogP contribution in [0, 0.1) is 0 Å². The van der Waals surface area contributed by atoms with Gasteiger partial charge in [-0.3, -0.25) is 62.6 Å². The Kier molecular flexibility index (Phi) is 31.5. The normalized spacial score (nSPS) is 18.3. The number of carbonyl (C=O) groups excluding carboxylic acids is 5. The number of aliphatic carboxylic acids is 6. The van der Waals surface area contributed by atoms with E-state index in [2.05, 4.69) is 42.1 Å². The van der Waals surface area contributed by atoms with Gasteiger partial charge in [-0.1, -0.05) is 31.4 Å². The van der Waals surface area contributed by atoms with E-state index in [4.69, 9.17) is 26.4 Å². The number of anilines is 1. The van der Waals surface area contributed by atoms with E-state index in [1.807, 2.05) is 0 Å². The molecule has 0 radical (unpaired) electrons. The number of benzene rings is 2. The zero-order chi connectivity index (χ0) is 65.5. The number of hydrogen-bond acceptors (Lipinski definition) is 20. The molecule has 0 spiro atoms. The molecule has 1 saturated carbocycles. The number of urea groups is 1. The number of hydrogen-bond donors (Lipinski definition) is 12. The van der Waals surface area contributed by atoms with Crippen molar-refractivity contribution < 1.29 is 97.6 Å². The van der Waals surface area contributed by atoms with Gasteiger partial charge >= 0.3 is 41.8 Å². The first-order chi connectivity index (χ1) is 43.1. The highest BCUT2D eigenvalue weighted by molar-refractivity contribution is 8.00. The van der Waals surface area contributed by atoms with Gasteiger partial charge in [0.25, 0.3) is 11.8 Å². The third kappa shape index (κ3) is 26.4. The second-order valence-corrected chi connectivity index (χ2v) is 23.2. The number of fused-ring (bicyclic) bond motifs is 1. The topological polar surface area (TPSA) is 431 Å².